The Morgan fingerprint density at radius 1 is 0.857 bits per heavy atom. The Balaban J connectivity index is 1.39. The van der Waals surface area contributed by atoms with Crippen LogP contribution in [0, 0.1) is 5.92 Å². The largest absolute Gasteiger partial charge is 0.358 e. The smallest absolute Gasteiger partial charge is 0.126 e. The van der Waals surface area contributed by atoms with Gasteiger partial charge in [0.05, 0.1) is 12.6 Å². The van der Waals surface area contributed by atoms with Crippen molar-refractivity contribution in [2.75, 3.05) is 13.2 Å². The predicted octanol–water partition coefficient (Wildman–Crippen LogP) is 5.71. The number of hydrogen-bond donors (Lipinski definition) is 0. The average molecular weight is 370 g/mol. The highest BCUT2D eigenvalue weighted by Gasteiger charge is 2.53. The van der Waals surface area contributed by atoms with Crippen molar-refractivity contribution in [3.8, 4) is 11.1 Å². The van der Waals surface area contributed by atoms with E-state index >= 15 is 0 Å². The van der Waals surface area contributed by atoms with Crippen LogP contribution in [0.15, 0.2) is 84.9 Å². The van der Waals surface area contributed by atoms with Gasteiger partial charge in [-0.3, -0.25) is 4.90 Å². The third-order valence-corrected chi connectivity index (χ3v) is 6.31. The van der Waals surface area contributed by atoms with E-state index in [0.717, 1.165) is 26.0 Å². The SMILES string of the molecule is C[C@H]1CN2[C@H](c3ccccc3)CO[C@@]2(Cc2ccc(-c3ccccc3)cc2)C1. The number of rotatable bonds is 4. The van der Waals surface area contributed by atoms with Gasteiger partial charge in [-0.1, -0.05) is 91.9 Å². The van der Waals surface area contributed by atoms with E-state index in [-0.39, 0.29) is 5.72 Å². The second-order valence-electron chi connectivity index (χ2n) is 8.39. The average Bonchev–Trinajstić information content (AvgIpc) is 3.23. The Labute approximate surface area is 167 Å². The van der Waals surface area contributed by atoms with Crippen LogP contribution in [0.4, 0.5) is 0 Å². The van der Waals surface area contributed by atoms with Crippen molar-refractivity contribution in [1.82, 2.24) is 4.90 Å². The van der Waals surface area contributed by atoms with Crippen LogP contribution in [-0.2, 0) is 11.2 Å². The summed E-state index contributed by atoms with van der Waals surface area (Å²) < 4.78 is 6.55. The Bertz CT molecular complexity index is 922. The Morgan fingerprint density at radius 3 is 2.21 bits per heavy atom. The lowest BCUT2D eigenvalue weighted by molar-refractivity contribution is -0.0608. The van der Waals surface area contributed by atoms with Crippen LogP contribution in [0.2, 0.25) is 0 Å². The molecular formula is C26H27NO. The first-order valence-corrected chi connectivity index (χ1v) is 10.3. The number of benzene rings is 3. The van der Waals surface area contributed by atoms with Crippen LogP contribution >= 0.6 is 0 Å². The van der Waals surface area contributed by atoms with Gasteiger partial charge in [0.2, 0.25) is 0 Å². The van der Waals surface area contributed by atoms with Crippen molar-refractivity contribution >= 4 is 0 Å². The first kappa shape index (κ1) is 17.7. The number of nitrogens with zero attached hydrogens (tertiary/aromatic N) is 1. The summed E-state index contributed by atoms with van der Waals surface area (Å²) in [5, 5.41) is 0. The summed E-state index contributed by atoms with van der Waals surface area (Å²) in [7, 11) is 0. The minimum Gasteiger partial charge on any atom is -0.358 e. The lowest BCUT2D eigenvalue weighted by atomic mass is 9.95. The quantitative estimate of drug-likeness (QED) is 0.584. The Morgan fingerprint density at radius 2 is 1.50 bits per heavy atom. The summed E-state index contributed by atoms with van der Waals surface area (Å²) in [5.41, 5.74) is 5.11. The molecule has 142 valence electrons. The molecule has 2 heterocycles. The molecular weight excluding hydrogens is 342 g/mol. The van der Waals surface area contributed by atoms with Gasteiger partial charge in [-0.2, -0.15) is 0 Å². The van der Waals surface area contributed by atoms with E-state index in [1.165, 1.54) is 22.3 Å². The summed E-state index contributed by atoms with van der Waals surface area (Å²) in [6.07, 6.45) is 2.06. The molecule has 2 heteroatoms. The van der Waals surface area contributed by atoms with Crippen LogP contribution in [-0.4, -0.2) is 23.8 Å². The second-order valence-corrected chi connectivity index (χ2v) is 8.39. The van der Waals surface area contributed by atoms with Gasteiger partial charge >= 0.3 is 0 Å². The molecule has 0 saturated carbocycles. The summed E-state index contributed by atoms with van der Waals surface area (Å²) in [4.78, 5) is 2.62. The van der Waals surface area contributed by atoms with Crippen LogP contribution in [0.5, 0.6) is 0 Å². The molecule has 5 rings (SSSR count). The zero-order chi connectivity index (χ0) is 19.0. The van der Waals surface area contributed by atoms with E-state index < -0.39 is 0 Å². The number of ether oxygens (including phenoxy) is 1. The molecule has 2 saturated heterocycles. The maximum atomic E-state index is 6.55. The summed E-state index contributed by atoms with van der Waals surface area (Å²) in [6.45, 7) is 4.25. The maximum Gasteiger partial charge on any atom is 0.126 e. The molecule has 2 aliphatic heterocycles. The molecule has 0 aromatic heterocycles. The molecule has 0 spiro atoms. The third kappa shape index (κ3) is 3.17. The molecule has 2 nitrogen and oxygen atoms in total. The van der Waals surface area contributed by atoms with Gasteiger partial charge in [0.1, 0.15) is 5.72 Å². The third-order valence-electron chi connectivity index (χ3n) is 6.31. The molecule has 3 atom stereocenters. The molecule has 0 bridgehead atoms. The Kier molecular flexibility index (Phi) is 4.54. The van der Waals surface area contributed by atoms with Gasteiger partial charge in [-0.15, -0.1) is 0 Å². The first-order valence-electron chi connectivity index (χ1n) is 10.3. The number of fused-ring (bicyclic) bond motifs is 1. The number of hydrogen-bond acceptors (Lipinski definition) is 2. The molecule has 2 aliphatic rings. The van der Waals surface area contributed by atoms with E-state index in [0.29, 0.717) is 12.0 Å². The highest BCUT2D eigenvalue weighted by Crippen LogP contribution is 2.47. The van der Waals surface area contributed by atoms with Crippen LogP contribution in [0.3, 0.4) is 0 Å². The van der Waals surface area contributed by atoms with Gasteiger partial charge in [0.25, 0.3) is 0 Å². The minimum atomic E-state index is -0.159. The zero-order valence-corrected chi connectivity index (χ0v) is 16.4. The van der Waals surface area contributed by atoms with Crippen LogP contribution in [0.1, 0.15) is 30.5 Å². The van der Waals surface area contributed by atoms with Gasteiger partial charge in [-0.05, 0) is 34.6 Å². The topological polar surface area (TPSA) is 12.5 Å². The lowest BCUT2D eigenvalue weighted by Crippen LogP contribution is -2.42. The van der Waals surface area contributed by atoms with Gasteiger partial charge < -0.3 is 4.74 Å². The zero-order valence-electron chi connectivity index (χ0n) is 16.4. The van der Waals surface area contributed by atoms with Crippen LogP contribution < -0.4 is 0 Å². The predicted molar refractivity (Wildman–Crippen MR) is 114 cm³/mol. The van der Waals surface area contributed by atoms with Crippen molar-refractivity contribution in [2.24, 2.45) is 5.92 Å². The molecule has 3 aromatic rings. The summed E-state index contributed by atoms with van der Waals surface area (Å²) in [5.74, 6) is 0.662. The maximum absolute atomic E-state index is 6.55. The molecule has 0 radical (unpaired) electrons. The molecule has 0 unspecified atom stereocenters. The summed E-state index contributed by atoms with van der Waals surface area (Å²) >= 11 is 0. The van der Waals surface area contributed by atoms with E-state index in [9.17, 15) is 0 Å². The molecule has 28 heavy (non-hydrogen) atoms. The molecule has 3 aromatic carbocycles. The Hall–Kier alpha value is -2.42. The van der Waals surface area contributed by atoms with Crippen molar-refractivity contribution in [1.29, 1.82) is 0 Å². The fourth-order valence-corrected chi connectivity index (χ4v) is 5.05. The first-order chi connectivity index (χ1) is 13.7. The highest BCUT2D eigenvalue weighted by atomic mass is 16.5. The van der Waals surface area contributed by atoms with E-state index in [1.54, 1.807) is 0 Å². The molecule has 2 fully saturated rings. The molecule has 0 N–H and O–H groups in total. The van der Waals surface area contributed by atoms with Gasteiger partial charge in [-0.25, -0.2) is 0 Å². The lowest BCUT2D eigenvalue weighted by Gasteiger charge is -2.33. The standard InChI is InChI=1S/C26H27NO/c1-20-16-26(27(18-20)25(19-28-26)24-10-6-3-7-11-24)17-21-12-14-23(15-13-21)22-8-4-2-5-9-22/h2-15,20,25H,16-19H2,1H3/t20-,25+,26-/m1/s1. The molecule has 0 amide bonds. The van der Waals surface area contributed by atoms with E-state index in [1.807, 2.05) is 0 Å². The van der Waals surface area contributed by atoms with Crippen molar-refractivity contribution in [3.05, 3.63) is 96.1 Å². The normalized spacial score (nSPS) is 27.0. The second kappa shape index (κ2) is 7.20. The fraction of sp³-hybridized carbons (Fsp3) is 0.308. The van der Waals surface area contributed by atoms with Crippen molar-refractivity contribution in [2.45, 2.75) is 31.5 Å². The van der Waals surface area contributed by atoms with Gasteiger partial charge in [0.15, 0.2) is 0 Å². The van der Waals surface area contributed by atoms with Crippen molar-refractivity contribution < 1.29 is 4.74 Å². The van der Waals surface area contributed by atoms with Crippen LogP contribution in [0.25, 0.3) is 11.1 Å². The van der Waals surface area contributed by atoms with E-state index in [2.05, 4.69) is 96.8 Å². The van der Waals surface area contributed by atoms with E-state index in [4.69, 9.17) is 4.74 Å². The van der Waals surface area contributed by atoms with Gasteiger partial charge in [0, 0.05) is 13.0 Å². The highest BCUT2D eigenvalue weighted by molar-refractivity contribution is 5.63. The minimum absolute atomic E-state index is 0.159. The van der Waals surface area contributed by atoms with Crippen molar-refractivity contribution in [3.63, 3.8) is 0 Å². The molecule has 0 aliphatic carbocycles. The fourth-order valence-electron chi connectivity index (χ4n) is 5.05. The summed E-state index contributed by atoms with van der Waals surface area (Å²) in [6, 6.07) is 30.8. The monoisotopic (exact) mass is 369 g/mol.